The van der Waals surface area contributed by atoms with E-state index in [-0.39, 0.29) is 15.2 Å². The Labute approximate surface area is 110 Å². The van der Waals surface area contributed by atoms with E-state index in [1.54, 1.807) is 0 Å². The average molecular weight is 313 g/mol. The predicted octanol–water partition coefficient (Wildman–Crippen LogP) is 2.09. The molecule has 0 heterocycles. The molecule has 4 N–H and O–H groups in total. The van der Waals surface area contributed by atoms with Gasteiger partial charge in [-0.1, -0.05) is 12.1 Å². The summed E-state index contributed by atoms with van der Waals surface area (Å²) >= 11 is 3.03. The van der Waals surface area contributed by atoms with Crippen LogP contribution in [0, 0.1) is 6.92 Å². The minimum Gasteiger partial charge on any atom is -0.504 e. The SMILES string of the molecule is Cc1ccc2c(Br)c(O)c(O)c(O)c2c(=O)c1O. The van der Waals surface area contributed by atoms with Crippen LogP contribution >= 0.6 is 15.9 Å². The van der Waals surface area contributed by atoms with Gasteiger partial charge in [0.2, 0.25) is 11.2 Å². The fraction of sp³-hybridized carbons (Fsp3) is 0.0833. The predicted molar refractivity (Wildman–Crippen MR) is 69.3 cm³/mol. The number of fused-ring (bicyclic) bond motifs is 1. The number of benzene rings is 1. The summed E-state index contributed by atoms with van der Waals surface area (Å²) in [6.07, 6.45) is 0. The largest absolute Gasteiger partial charge is 0.504 e. The van der Waals surface area contributed by atoms with Crippen molar-refractivity contribution >= 4 is 26.7 Å². The lowest BCUT2D eigenvalue weighted by Gasteiger charge is -2.06. The summed E-state index contributed by atoms with van der Waals surface area (Å²) in [7, 11) is 0. The summed E-state index contributed by atoms with van der Waals surface area (Å²) in [5, 5.41) is 38.4. The van der Waals surface area contributed by atoms with Crippen molar-refractivity contribution in [2.45, 2.75) is 6.92 Å². The van der Waals surface area contributed by atoms with Crippen LogP contribution in [-0.2, 0) is 0 Å². The van der Waals surface area contributed by atoms with E-state index < -0.39 is 28.4 Å². The van der Waals surface area contributed by atoms with Crippen LogP contribution in [0.1, 0.15) is 5.56 Å². The molecule has 0 amide bonds. The summed E-state index contributed by atoms with van der Waals surface area (Å²) in [4.78, 5) is 12.0. The Bertz CT molecular complexity index is 724. The molecule has 0 saturated heterocycles. The second-order valence-electron chi connectivity index (χ2n) is 3.84. The zero-order chi connectivity index (χ0) is 13.6. The first-order valence-electron chi connectivity index (χ1n) is 4.95. The second kappa shape index (κ2) is 4.06. The van der Waals surface area contributed by atoms with Gasteiger partial charge in [-0.3, -0.25) is 4.79 Å². The Morgan fingerprint density at radius 3 is 2.17 bits per heavy atom. The van der Waals surface area contributed by atoms with E-state index in [9.17, 15) is 25.2 Å². The number of hydrogen-bond acceptors (Lipinski definition) is 5. The first kappa shape index (κ1) is 12.5. The third kappa shape index (κ3) is 1.57. The lowest BCUT2D eigenvalue weighted by Crippen LogP contribution is -1.99. The van der Waals surface area contributed by atoms with Crippen molar-refractivity contribution in [1.29, 1.82) is 0 Å². The van der Waals surface area contributed by atoms with Gasteiger partial charge in [-0.05, 0) is 28.4 Å². The Kier molecular flexibility index (Phi) is 2.82. The molecule has 5 nitrogen and oxygen atoms in total. The number of phenolic OH excluding ortho intramolecular Hbond substituents is 3. The molecule has 0 saturated carbocycles. The maximum atomic E-state index is 12.0. The third-order valence-electron chi connectivity index (χ3n) is 2.71. The summed E-state index contributed by atoms with van der Waals surface area (Å²) < 4.78 is 0.0694. The van der Waals surface area contributed by atoms with Crippen molar-refractivity contribution < 1.29 is 20.4 Å². The monoisotopic (exact) mass is 312 g/mol. The van der Waals surface area contributed by atoms with Crippen LogP contribution in [0.4, 0.5) is 0 Å². The molecule has 18 heavy (non-hydrogen) atoms. The van der Waals surface area contributed by atoms with Crippen molar-refractivity contribution in [2.24, 2.45) is 0 Å². The number of aryl methyl sites for hydroxylation is 1. The first-order chi connectivity index (χ1) is 8.36. The van der Waals surface area contributed by atoms with Gasteiger partial charge in [0, 0.05) is 5.39 Å². The van der Waals surface area contributed by atoms with E-state index in [1.165, 1.54) is 19.1 Å². The molecule has 0 radical (unpaired) electrons. The van der Waals surface area contributed by atoms with E-state index in [1.807, 2.05) is 0 Å². The van der Waals surface area contributed by atoms with E-state index >= 15 is 0 Å². The number of rotatable bonds is 0. The molecule has 0 aromatic heterocycles. The van der Waals surface area contributed by atoms with Gasteiger partial charge in [0.1, 0.15) is 0 Å². The van der Waals surface area contributed by atoms with E-state index in [4.69, 9.17) is 0 Å². The topological polar surface area (TPSA) is 98.0 Å². The minimum atomic E-state index is -0.819. The lowest BCUT2D eigenvalue weighted by molar-refractivity contribution is 0.369. The van der Waals surface area contributed by atoms with Gasteiger partial charge in [0.15, 0.2) is 17.2 Å². The van der Waals surface area contributed by atoms with Gasteiger partial charge in [-0.25, -0.2) is 0 Å². The number of phenols is 3. The van der Waals surface area contributed by atoms with E-state index in [0.717, 1.165) is 0 Å². The molecule has 94 valence electrons. The molecule has 0 spiro atoms. The highest BCUT2D eigenvalue weighted by atomic mass is 79.9. The molecule has 0 atom stereocenters. The van der Waals surface area contributed by atoms with Gasteiger partial charge in [0.05, 0.1) is 9.86 Å². The van der Waals surface area contributed by atoms with Crippen LogP contribution in [0.25, 0.3) is 10.8 Å². The zero-order valence-electron chi connectivity index (χ0n) is 9.23. The number of halogens is 1. The first-order valence-corrected chi connectivity index (χ1v) is 5.74. The maximum Gasteiger partial charge on any atom is 0.232 e. The van der Waals surface area contributed by atoms with Crippen molar-refractivity contribution in [3.63, 3.8) is 0 Å². The molecule has 6 heteroatoms. The van der Waals surface area contributed by atoms with Crippen molar-refractivity contribution in [3.05, 3.63) is 32.4 Å². The molecule has 0 fully saturated rings. The van der Waals surface area contributed by atoms with Crippen LogP contribution in [0.2, 0.25) is 0 Å². The minimum absolute atomic E-state index is 0.0694. The van der Waals surface area contributed by atoms with Gasteiger partial charge in [0.25, 0.3) is 0 Å². The Morgan fingerprint density at radius 1 is 0.944 bits per heavy atom. The Hall–Kier alpha value is -1.95. The van der Waals surface area contributed by atoms with Gasteiger partial charge in [-0.2, -0.15) is 0 Å². The molecular weight excluding hydrogens is 304 g/mol. The molecule has 2 aromatic carbocycles. The molecular formula is C12H9BrO5. The van der Waals surface area contributed by atoms with Crippen LogP contribution in [-0.4, -0.2) is 20.4 Å². The maximum absolute atomic E-state index is 12.0. The Morgan fingerprint density at radius 2 is 1.56 bits per heavy atom. The van der Waals surface area contributed by atoms with E-state index in [2.05, 4.69) is 15.9 Å². The fourth-order valence-corrected chi connectivity index (χ4v) is 2.19. The second-order valence-corrected chi connectivity index (χ2v) is 4.64. The number of hydrogen-bond donors (Lipinski definition) is 4. The normalized spacial score (nSPS) is 10.8. The molecule has 0 aliphatic carbocycles. The quantitative estimate of drug-likeness (QED) is 0.558. The Balaban J connectivity index is 3.24. The summed E-state index contributed by atoms with van der Waals surface area (Å²) in [5.41, 5.74) is -0.498. The van der Waals surface area contributed by atoms with Crippen molar-refractivity contribution in [1.82, 2.24) is 0 Å². The van der Waals surface area contributed by atoms with Gasteiger partial charge in [-0.15, -0.1) is 0 Å². The highest BCUT2D eigenvalue weighted by molar-refractivity contribution is 9.10. The summed E-state index contributed by atoms with van der Waals surface area (Å²) in [6.45, 7) is 1.53. The zero-order valence-corrected chi connectivity index (χ0v) is 10.8. The third-order valence-corrected chi connectivity index (χ3v) is 3.52. The van der Waals surface area contributed by atoms with Crippen LogP contribution in [0.3, 0.4) is 0 Å². The lowest BCUT2D eigenvalue weighted by atomic mass is 10.1. The van der Waals surface area contributed by atoms with Crippen LogP contribution in [0.5, 0.6) is 23.0 Å². The smallest absolute Gasteiger partial charge is 0.232 e. The molecule has 0 aliphatic rings. The van der Waals surface area contributed by atoms with Crippen LogP contribution in [0.15, 0.2) is 21.4 Å². The van der Waals surface area contributed by atoms with Gasteiger partial charge >= 0.3 is 0 Å². The molecule has 0 aliphatic heterocycles. The van der Waals surface area contributed by atoms with Crippen molar-refractivity contribution in [2.75, 3.05) is 0 Å². The fourth-order valence-electron chi connectivity index (χ4n) is 1.67. The molecule has 0 bridgehead atoms. The number of aromatic hydroxyl groups is 4. The standard InChI is InChI=1S/C12H9BrO5/c1-4-2-3-5-6(9(15)8(4)14)10(16)12(18)11(17)7(5)13/h2-3,16-18H,1H3,(H,14,15). The average Bonchev–Trinajstić information content (AvgIpc) is 2.46. The summed E-state index contributed by atoms with van der Waals surface area (Å²) in [6, 6.07) is 2.93. The molecule has 2 aromatic rings. The van der Waals surface area contributed by atoms with E-state index in [0.29, 0.717) is 5.56 Å². The van der Waals surface area contributed by atoms with Crippen molar-refractivity contribution in [3.8, 4) is 23.0 Å². The van der Waals surface area contributed by atoms with Gasteiger partial charge < -0.3 is 20.4 Å². The molecule has 2 rings (SSSR count). The summed E-state index contributed by atoms with van der Waals surface area (Å²) in [5.74, 6) is -2.66. The molecule has 0 unspecified atom stereocenters. The van der Waals surface area contributed by atoms with Crippen LogP contribution < -0.4 is 5.43 Å². The highest BCUT2D eigenvalue weighted by Gasteiger charge is 2.19. The highest BCUT2D eigenvalue weighted by Crippen LogP contribution is 2.46.